The van der Waals surface area contributed by atoms with Crippen molar-refractivity contribution in [3.8, 4) is 5.75 Å². The summed E-state index contributed by atoms with van der Waals surface area (Å²) >= 11 is 3.76. The number of esters is 1. The molecule has 3 heterocycles. The molecule has 0 saturated carbocycles. The summed E-state index contributed by atoms with van der Waals surface area (Å²) in [7, 11) is 3.05. The lowest BCUT2D eigenvalue weighted by molar-refractivity contribution is -0.163. The number of aliphatic hydroxyl groups is 1. The van der Waals surface area contributed by atoms with E-state index in [-0.39, 0.29) is 38.3 Å². The number of rotatable bonds is 19. The Morgan fingerprint density at radius 2 is 1.72 bits per heavy atom. The normalized spacial score (nSPS) is 24.9. The van der Waals surface area contributed by atoms with Crippen LogP contribution in [0.15, 0.2) is 110 Å². The van der Waals surface area contributed by atoms with Crippen LogP contribution in [0.5, 0.6) is 5.75 Å². The van der Waals surface area contributed by atoms with Crippen LogP contribution in [0.1, 0.15) is 36.5 Å². The largest absolute Gasteiger partial charge is 0.497 e. The van der Waals surface area contributed by atoms with Crippen molar-refractivity contribution in [2.75, 3.05) is 38.9 Å². The van der Waals surface area contributed by atoms with E-state index in [9.17, 15) is 14.7 Å². The van der Waals surface area contributed by atoms with E-state index in [1.54, 1.807) is 67.8 Å². The molecule has 3 aliphatic rings. The second-order valence-corrected chi connectivity index (χ2v) is 15.8. The van der Waals surface area contributed by atoms with Crippen molar-refractivity contribution in [3.63, 3.8) is 0 Å². The molecule has 3 amide bonds. The average molecular weight is 845 g/mol. The van der Waals surface area contributed by atoms with Crippen molar-refractivity contribution in [1.82, 2.24) is 10.2 Å². The summed E-state index contributed by atoms with van der Waals surface area (Å²) in [5.74, 6) is -3.56. The molecule has 3 aromatic rings. The molecule has 0 radical (unpaired) electrons. The monoisotopic (exact) mass is 843 g/mol. The Kier molecular flexibility index (Phi) is 13.7. The van der Waals surface area contributed by atoms with Crippen LogP contribution in [0, 0.1) is 11.8 Å². The van der Waals surface area contributed by atoms with Gasteiger partial charge < -0.3 is 39.2 Å². The molecule has 1 spiro atoms. The van der Waals surface area contributed by atoms with Gasteiger partial charge in [-0.15, -0.1) is 13.2 Å². The molecule has 3 saturated heterocycles. The summed E-state index contributed by atoms with van der Waals surface area (Å²) in [5.41, 5.74) is 0.550. The van der Waals surface area contributed by atoms with Crippen LogP contribution >= 0.6 is 15.9 Å². The fraction of sp³-hybridized carbons (Fsp3) is 0.409. The Hall–Kier alpha value is -4.82. The number of amides is 3. The first-order valence-corrected chi connectivity index (χ1v) is 20.0. The fourth-order valence-electron chi connectivity index (χ4n) is 8.63. The van der Waals surface area contributed by atoms with E-state index < -0.39 is 77.0 Å². The van der Waals surface area contributed by atoms with Gasteiger partial charge in [0.15, 0.2) is 0 Å². The number of carbonyl (C=O) groups is 4. The van der Waals surface area contributed by atoms with Gasteiger partial charge in [0.1, 0.15) is 23.5 Å². The van der Waals surface area contributed by atoms with Crippen molar-refractivity contribution in [1.29, 1.82) is 0 Å². The number of nitrogens with zero attached hydrogens (tertiary/aromatic N) is 2. The molecule has 3 aromatic carbocycles. The molecular weight excluding hydrogens is 794 g/mol. The number of ether oxygens (including phenoxy) is 4. The number of allylic oxidation sites excluding steroid dienone is 1. The number of hydrogen-bond acceptors (Lipinski definition) is 9. The summed E-state index contributed by atoms with van der Waals surface area (Å²) < 4.78 is 24.1. The standard InChI is InChI=1S/C44H50BrN3O9/c1-5-7-18-35(50)46-34(27-54-3)38(29-16-12-9-13-17-29)56-43(53)36-37-41(51)48(31(26-49)24-28-14-10-8-11-15-28)40(44(37)25-33(45)39(36)57-44)42(52)47(23-6-2)30-19-21-32(55-4)22-20-30/h5-6,8-17,19-22,31,33-34,36-40,49H,1-2,7,18,23-27H2,3-4H3,(H,46,50)/t31-,33?,34-,36+,37-,38-,39+,40+,44-/m1/s1. The highest BCUT2D eigenvalue weighted by molar-refractivity contribution is 9.09. The van der Waals surface area contributed by atoms with E-state index >= 15 is 9.59 Å². The van der Waals surface area contributed by atoms with Crippen LogP contribution in [0.2, 0.25) is 0 Å². The third-order valence-electron chi connectivity index (χ3n) is 11.1. The van der Waals surface area contributed by atoms with Crippen LogP contribution in [-0.2, 0) is 39.8 Å². The predicted molar refractivity (Wildman–Crippen MR) is 218 cm³/mol. The first-order chi connectivity index (χ1) is 27.6. The lowest BCUT2D eigenvalue weighted by atomic mass is 9.70. The molecule has 6 rings (SSSR count). The highest BCUT2D eigenvalue weighted by Crippen LogP contribution is 2.61. The first kappa shape index (κ1) is 41.8. The molecule has 9 atom stereocenters. The van der Waals surface area contributed by atoms with Crippen LogP contribution in [-0.4, -0.2) is 102 Å². The Bertz CT molecular complexity index is 1900. The quantitative estimate of drug-likeness (QED) is 0.0975. The molecule has 13 heteroatoms. The van der Waals surface area contributed by atoms with Gasteiger partial charge in [-0.25, -0.2) is 0 Å². The van der Waals surface area contributed by atoms with Gasteiger partial charge in [-0.3, -0.25) is 19.2 Å². The number of anilines is 1. The van der Waals surface area contributed by atoms with Crippen LogP contribution in [0.3, 0.4) is 0 Å². The third-order valence-corrected chi connectivity index (χ3v) is 12.0. The van der Waals surface area contributed by atoms with Gasteiger partial charge in [0.2, 0.25) is 11.8 Å². The number of likely N-dealkylation sites (tertiary alicyclic amines) is 1. The minimum absolute atomic E-state index is 0.0250. The van der Waals surface area contributed by atoms with Crippen molar-refractivity contribution >= 4 is 45.3 Å². The molecule has 2 bridgehead atoms. The molecular formula is C44H50BrN3O9. The number of carbonyl (C=O) groups excluding carboxylic acids is 4. The zero-order valence-electron chi connectivity index (χ0n) is 32.2. The Morgan fingerprint density at radius 1 is 1.04 bits per heavy atom. The van der Waals surface area contributed by atoms with Gasteiger partial charge in [0.25, 0.3) is 5.91 Å². The predicted octanol–water partition coefficient (Wildman–Crippen LogP) is 4.95. The van der Waals surface area contributed by atoms with E-state index in [4.69, 9.17) is 18.9 Å². The number of hydrogen-bond donors (Lipinski definition) is 2. The SMILES string of the molecule is C=CCCC(=O)N[C@H](COC)[C@H](OC(=O)[C@@H]1[C@H]2O[C@@]3(CC2Br)[C@H](C(=O)N(CC=C)c2ccc(OC)cc2)N([C@@H](CO)Cc2ccccc2)C(=O)[C@@H]13)c1ccccc1. The molecule has 3 aliphatic heterocycles. The maximum Gasteiger partial charge on any atom is 0.313 e. The van der Waals surface area contributed by atoms with Gasteiger partial charge in [-0.2, -0.15) is 0 Å². The number of methoxy groups -OCH3 is 2. The van der Waals surface area contributed by atoms with E-state index in [1.165, 1.54) is 16.9 Å². The number of alkyl halides is 1. The number of aliphatic hydroxyl groups excluding tert-OH is 1. The summed E-state index contributed by atoms with van der Waals surface area (Å²) in [6.45, 7) is 7.29. The summed E-state index contributed by atoms with van der Waals surface area (Å²) in [6, 6.07) is 22.6. The number of fused-ring (bicyclic) bond motifs is 1. The molecule has 12 nitrogen and oxygen atoms in total. The minimum atomic E-state index is -1.46. The highest BCUT2D eigenvalue weighted by atomic mass is 79.9. The van der Waals surface area contributed by atoms with Crippen molar-refractivity contribution in [2.45, 2.75) is 66.4 Å². The molecule has 57 heavy (non-hydrogen) atoms. The van der Waals surface area contributed by atoms with Crippen molar-refractivity contribution in [3.05, 3.63) is 121 Å². The summed E-state index contributed by atoms with van der Waals surface area (Å²) in [4.78, 5) is 60.8. The zero-order chi connectivity index (χ0) is 40.7. The number of nitrogens with one attached hydrogen (secondary N) is 1. The topological polar surface area (TPSA) is 144 Å². The molecule has 1 unspecified atom stereocenters. The lowest BCUT2D eigenvalue weighted by Gasteiger charge is -2.39. The molecule has 3 fully saturated rings. The van der Waals surface area contributed by atoms with Crippen LogP contribution < -0.4 is 15.0 Å². The Labute approximate surface area is 341 Å². The van der Waals surface area contributed by atoms with Gasteiger partial charge in [0.05, 0.1) is 50.3 Å². The van der Waals surface area contributed by atoms with Gasteiger partial charge in [-0.1, -0.05) is 88.7 Å². The van der Waals surface area contributed by atoms with Gasteiger partial charge in [-0.05, 0) is 54.7 Å². The van der Waals surface area contributed by atoms with Crippen LogP contribution in [0.25, 0.3) is 0 Å². The Balaban J connectivity index is 1.41. The maximum atomic E-state index is 15.2. The fourth-order valence-corrected chi connectivity index (χ4v) is 9.58. The number of benzene rings is 3. The molecule has 2 N–H and O–H groups in total. The van der Waals surface area contributed by atoms with E-state index in [2.05, 4.69) is 34.4 Å². The average Bonchev–Trinajstić information content (AvgIpc) is 3.83. The maximum absolute atomic E-state index is 15.2. The zero-order valence-corrected chi connectivity index (χ0v) is 33.8. The minimum Gasteiger partial charge on any atom is -0.497 e. The van der Waals surface area contributed by atoms with E-state index in [0.717, 1.165) is 5.56 Å². The summed E-state index contributed by atoms with van der Waals surface area (Å²) in [5, 5.41) is 13.9. The second-order valence-electron chi connectivity index (χ2n) is 14.6. The summed E-state index contributed by atoms with van der Waals surface area (Å²) in [6.07, 6.45) is 2.56. The first-order valence-electron chi connectivity index (χ1n) is 19.1. The smallest absolute Gasteiger partial charge is 0.313 e. The van der Waals surface area contributed by atoms with Crippen molar-refractivity contribution < 1.29 is 43.2 Å². The number of halogens is 1. The van der Waals surface area contributed by atoms with Gasteiger partial charge >= 0.3 is 5.97 Å². The van der Waals surface area contributed by atoms with Gasteiger partial charge in [0, 0.05) is 30.6 Å². The highest BCUT2D eigenvalue weighted by Gasteiger charge is 2.77. The molecule has 302 valence electrons. The lowest BCUT2D eigenvalue weighted by Crippen LogP contribution is -2.59. The Morgan fingerprint density at radius 3 is 2.33 bits per heavy atom. The van der Waals surface area contributed by atoms with E-state index in [1.807, 2.05) is 36.4 Å². The third kappa shape index (κ3) is 8.43. The van der Waals surface area contributed by atoms with Crippen LogP contribution in [0.4, 0.5) is 5.69 Å². The molecule has 0 aromatic heterocycles. The second kappa shape index (κ2) is 18.6. The van der Waals surface area contributed by atoms with E-state index in [0.29, 0.717) is 23.4 Å². The van der Waals surface area contributed by atoms with Crippen molar-refractivity contribution in [2.24, 2.45) is 11.8 Å². The molecule has 0 aliphatic carbocycles.